The zero-order valence-electron chi connectivity index (χ0n) is 13.4. The van der Waals surface area contributed by atoms with Crippen LogP contribution in [0.15, 0.2) is 24.3 Å². The van der Waals surface area contributed by atoms with Crippen molar-refractivity contribution >= 4 is 50.6 Å². The highest BCUT2D eigenvalue weighted by Crippen LogP contribution is 2.39. The van der Waals surface area contributed by atoms with Crippen molar-refractivity contribution in [1.82, 2.24) is 9.97 Å². The number of anilines is 2. The molecule has 0 spiro atoms. The first-order valence-electron chi connectivity index (χ1n) is 8.20. The van der Waals surface area contributed by atoms with Crippen LogP contribution >= 0.6 is 22.9 Å². The molecule has 0 unspecified atom stereocenters. The summed E-state index contributed by atoms with van der Waals surface area (Å²) in [5.74, 6) is -0.397. The summed E-state index contributed by atoms with van der Waals surface area (Å²) in [5, 5.41) is 13.7. The van der Waals surface area contributed by atoms with E-state index in [0.717, 1.165) is 29.5 Å². The van der Waals surface area contributed by atoms with Gasteiger partial charge in [-0.15, -0.1) is 11.3 Å². The number of thiophene rings is 1. The van der Waals surface area contributed by atoms with Gasteiger partial charge in [-0.05, 0) is 55.0 Å². The van der Waals surface area contributed by atoms with Gasteiger partial charge in [0, 0.05) is 4.88 Å². The van der Waals surface area contributed by atoms with Crippen molar-refractivity contribution in [2.24, 2.45) is 0 Å². The molecule has 128 valence electrons. The van der Waals surface area contributed by atoms with E-state index < -0.39 is 5.97 Å². The third-order valence-electron chi connectivity index (χ3n) is 4.45. The lowest BCUT2D eigenvalue weighted by Gasteiger charge is -2.11. The molecule has 0 saturated carbocycles. The largest absolute Gasteiger partial charge is 0.478 e. The van der Waals surface area contributed by atoms with Gasteiger partial charge in [0.05, 0.1) is 16.6 Å². The minimum atomic E-state index is -0.983. The number of aryl methyl sites for hydroxylation is 2. The van der Waals surface area contributed by atoms with Gasteiger partial charge in [0.15, 0.2) is 0 Å². The molecule has 0 aliphatic heterocycles. The number of rotatable bonds is 3. The maximum absolute atomic E-state index is 11.5. The first kappa shape index (κ1) is 16.3. The quantitative estimate of drug-likeness (QED) is 0.496. The fraction of sp³-hybridized carbons (Fsp3) is 0.278. The van der Waals surface area contributed by atoms with Crippen molar-refractivity contribution in [3.05, 3.63) is 45.6 Å². The molecule has 3 aromatic rings. The van der Waals surface area contributed by atoms with Gasteiger partial charge < -0.3 is 10.4 Å². The molecule has 0 bridgehead atoms. The number of halogens is 1. The Morgan fingerprint density at radius 3 is 2.80 bits per heavy atom. The van der Waals surface area contributed by atoms with Crippen LogP contribution in [0.25, 0.3) is 10.2 Å². The number of carboxylic acids is 1. The molecule has 2 heterocycles. The molecule has 7 heteroatoms. The van der Waals surface area contributed by atoms with Gasteiger partial charge in [0.1, 0.15) is 10.6 Å². The van der Waals surface area contributed by atoms with E-state index in [2.05, 4.69) is 15.3 Å². The minimum Gasteiger partial charge on any atom is -0.478 e. The summed E-state index contributed by atoms with van der Waals surface area (Å²) in [7, 11) is 0. The van der Waals surface area contributed by atoms with Crippen molar-refractivity contribution in [2.75, 3.05) is 5.32 Å². The molecule has 25 heavy (non-hydrogen) atoms. The second kappa shape index (κ2) is 6.61. The Morgan fingerprint density at radius 2 is 1.96 bits per heavy atom. The molecule has 2 N–H and O–H groups in total. The first-order chi connectivity index (χ1) is 12.1. The molecule has 0 amide bonds. The third kappa shape index (κ3) is 3.07. The second-order valence-corrected chi connectivity index (χ2v) is 7.48. The maximum Gasteiger partial charge on any atom is 0.337 e. The summed E-state index contributed by atoms with van der Waals surface area (Å²) in [6.45, 7) is 0. The number of para-hydroxylation sites is 1. The van der Waals surface area contributed by atoms with Crippen molar-refractivity contribution in [1.29, 1.82) is 0 Å². The lowest BCUT2D eigenvalue weighted by molar-refractivity contribution is 0.0698. The van der Waals surface area contributed by atoms with Gasteiger partial charge in [-0.3, -0.25) is 0 Å². The number of aromatic nitrogens is 2. The Bertz CT molecular complexity index is 970. The summed E-state index contributed by atoms with van der Waals surface area (Å²) >= 11 is 7.79. The number of hydrogen-bond acceptors (Lipinski definition) is 5. The monoisotopic (exact) mass is 373 g/mol. The van der Waals surface area contributed by atoms with E-state index >= 15 is 0 Å². The van der Waals surface area contributed by atoms with Gasteiger partial charge in [-0.25, -0.2) is 9.78 Å². The van der Waals surface area contributed by atoms with Crippen LogP contribution in [0.4, 0.5) is 11.5 Å². The number of nitrogens with one attached hydrogen (secondary N) is 1. The van der Waals surface area contributed by atoms with E-state index in [0.29, 0.717) is 11.5 Å². The summed E-state index contributed by atoms with van der Waals surface area (Å²) < 4.78 is 0. The van der Waals surface area contributed by atoms with Crippen LogP contribution in [0.1, 0.15) is 40.1 Å². The third-order valence-corrected chi connectivity index (χ3v) is 5.80. The summed E-state index contributed by atoms with van der Waals surface area (Å²) in [4.78, 5) is 22.4. The molecule has 0 atom stereocenters. The topological polar surface area (TPSA) is 75.1 Å². The fourth-order valence-corrected chi connectivity index (χ4v) is 4.79. The summed E-state index contributed by atoms with van der Waals surface area (Å²) in [6.07, 6.45) is 5.61. The minimum absolute atomic E-state index is 0.166. The van der Waals surface area contributed by atoms with Crippen LogP contribution in [-0.4, -0.2) is 21.0 Å². The van der Waals surface area contributed by atoms with E-state index in [-0.39, 0.29) is 10.8 Å². The molecule has 1 aromatic carbocycles. The lowest BCUT2D eigenvalue weighted by Crippen LogP contribution is -2.04. The average molecular weight is 374 g/mol. The number of hydrogen-bond donors (Lipinski definition) is 2. The van der Waals surface area contributed by atoms with Gasteiger partial charge in [0.25, 0.3) is 0 Å². The molecule has 0 radical (unpaired) electrons. The Hall–Kier alpha value is -2.18. The van der Waals surface area contributed by atoms with Gasteiger partial charge in [-0.2, -0.15) is 4.98 Å². The van der Waals surface area contributed by atoms with E-state index in [1.54, 1.807) is 35.6 Å². The zero-order valence-corrected chi connectivity index (χ0v) is 15.0. The zero-order chi connectivity index (χ0) is 17.4. The van der Waals surface area contributed by atoms with Crippen LogP contribution in [0, 0.1) is 0 Å². The molecule has 0 fully saturated rings. The highest BCUT2D eigenvalue weighted by molar-refractivity contribution is 7.19. The van der Waals surface area contributed by atoms with E-state index in [4.69, 9.17) is 11.6 Å². The molecule has 5 nitrogen and oxygen atoms in total. The van der Waals surface area contributed by atoms with Crippen LogP contribution in [0.2, 0.25) is 5.28 Å². The molecule has 1 aliphatic rings. The van der Waals surface area contributed by atoms with Crippen LogP contribution in [0.5, 0.6) is 0 Å². The first-order valence-corrected chi connectivity index (χ1v) is 9.40. The lowest BCUT2D eigenvalue weighted by atomic mass is 10.1. The Morgan fingerprint density at radius 1 is 1.16 bits per heavy atom. The number of carboxylic acid groups (broad SMARTS) is 1. The molecule has 1 aliphatic carbocycles. The number of fused-ring (bicyclic) bond motifs is 3. The van der Waals surface area contributed by atoms with Gasteiger partial charge in [0.2, 0.25) is 5.28 Å². The Labute approximate surface area is 153 Å². The number of nitrogens with zero attached hydrogens (tertiary/aromatic N) is 2. The molecular formula is C18H16ClN3O2S. The fourth-order valence-electron chi connectivity index (χ4n) is 3.30. The van der Waals surface area contributed by atoms with Gasteiger partial charge in [-0.1, -0.05) is 18.6 Å². The smallest absolute Gasteiger partial charge is 0.337 e. The van der Waals surface area contributed by atoms with E-state index in [1.165, 1.54) is 23.3 Å². The second-order valence-electron chi connectivity index (χ2n) is 6.06. The molecule has 2 aromatic heterocycles. The Kier molecular flexibility index (Phi) is 4.31. The highest BCUT2D eigenvalue weighted by atomic mass is 35.5. The standard InChI is InChI=1S/C18H16ClN3O2S/c19-18-21-15(20-12-8-5-4-6-10(12)17(23)24)14-11-7-2-1-3-9-13(11)25-16(14)22-18/h4-6,8H,1-3,7,9H2,(H,23,24)(H,20,21,22). The van der Waals surface area contributed by atoms with E-state index in [1.807, 2.05) is 0 Å². The molecule has 0 saturated heterocycles. The SMILES string of the molecule is O=C(O)c1ccccc1Nc1nc(Cl)nc2sc3c(c12)CCCCC3. The van der Waals surface area contributed by atoms with Crippen molar-refractivity contribution in [2.45, 2.75) is 32.1 Å². The summed E-state index contributed by atoms with van der Waals surface area (Å²) in [6, 6.07) is 6.80. The normalized spacial score (nSPS) is 14.1. The van der Waals surface area contributed by atoms with E-state index in [9.17, 15) is 9.90 Å². The van der Waals surface area contributed by atoms with Gasteiger partial charge >= 0.3 is 5.97 Å². The average Bonchev–Trinajstić information content (AvgIpc) is 2.76. The Balaban J connectivity index is 1.87. The molecular weight excluding hydrogens is 358 g/mol. The number of aromatic carboxylic acids is 1. The summed E-state index contributed by atoms with van der Waals surface area (Å²) in [5.41, 5.74) is 1.98. The van der Waals surface area contributed by atoms with Crippen LogP contribution in [0.3, 0.4) is 0 Å². The van der Waals surface area contributed by atoms with Crippen LogP contribution < -0.4 is 5.32 Å². The number of benzene rings is 1. The predicted octanol–water partition coefficient (Wildman–Crippen LogP) is 5.06. The highest BCUT2D eigenvalue weighted by Gasteiger charge is 2.21. The van der Waals surface area contributed by atoms with Crippen molar-refractivity contribution < 1.29 is 9.90 Å². The number of carbonyl (C=O) groups is 1. The maximum atomic E-state index is 11.5. The van der Waals surface area contributed by atoms with Crippen LogP contribution in [-0.2, 0) is 12.8 Å². The van der Waals surface area contributed by atoms with Crippen molar-refractivity contribution in [3.8, 4) is 0 Å². The molecule has 4 rings (SSSR count). The predicted molar refractivity (Wildman–Crippen MR) is 100 cm³/mol. The van der Waals surface area contributed by atoms with Crippen molar-refractivity contribution in [3.63, 3.8) is 0 Å².